The molecule has 0 saturated carbocycles. The second-order valence-electron chi connectivity index (χ2n) is 20.9. The highest BCUT2D eigenvalue weighted by molar-refractivity contribution is 7.85. The first-order valence-electron chi connectivity index (χ1n) is 28.9. The monoisotopic (exact) mass is 1160 g/mol. The Kier molecular flexibility index (Phi) is 42.9. The zero-order valence-corrected chi connectivity index (χ0v) is 48.6. The van der Waals surface area contributed by atoms with Crippen LogP contribution in [0.3, 0.4) is 0 Å². The molecule has 3 amide bonds. The van der Waals surface area contributed by atoms with Gasteiger partial charge in [0, 0.05) is 51.8 Å². The van der Waals surface area contributed by atoms with Gasteiger partial charge in [-0.25, -0.2) is 0 Å². The van der Waals surface area contributed by atoms with Crippen molar-refractivity contribution < 1.29 is 80.5 Å². The summed E-state index contributed by atoms with van der Waals surface area (Å²) >= 11 is 0. The minimum atomic E-state index is -3.85. The summed E-state index contributed by atoms with van der Waals surface area (Å²) in [7, 11) is -3.85. The molecule has 0 heterocycles. The van der Waals surface area contributed by atoms with Crippen LogP contribution in [0, 0.1) is 11.8 Å². The number of carbonyl (C=O) groups excluding carboxylic acids is 7. The molecule has 9 N–H and O–H groups in total. The third-order valence-electron chi connectivity index (χ3n) is 13.0. The van der Waals surface area contributed by atoms with Crippen LogP contribution in [0.5, 0.6) is 5.75 Å². The molecule has 0 aliphatic rings. The highest BCUT2D eigenvalue weighted by Gasteiger charge is 2.24. The van der Waals surface area contributed by atoms with E-state index in [-0.39, 0.29) is 150 Å². The maximum Gasteiger partial charge on any atom is 0.306 e. The molecule has 23 heteroatoms. The molecule has 0 fully saturated rings. The van der Waals surface area contributed by atoms with Crippen LogP contribution in [0.1, 0.15) is 167 Å². The number of benzene rings is 1. The number of hydrogen-bond donors (Lipinski definition) is 8. The number of ketones is 4. The third-order valence-corrected chi connectivity index (χ3v) is 13.8. The quantitative estimate of drug-likeness (QED) is 0.0310. The Morgan fingerprint density at radius 1 is 0.550 bits per heavy atom. The van der Waals surface area contributed by atoms with E-state index in [1.54, 1.807) is 12.1 Å². The number of hydrogen-bond acceptors (Lipinski definition) is 17. The minimum absolute atomic E-state index is 0.0182. The van der Waals surface area contributed by atoms with Gasteiger partial charge >= 0.3 is 5.97 Å². The van der Waals surface area contributed by atoms with Gasteiger partial charge in [-0.2, -0.15) is 8.42 Å². The molecule has 0 saturated heterocycles. The van der Waals surface area contributed by atoms with Gasteiger partial charge in [0.25, 0.3) is 10.1 Å². The number of carboxylic acid groups (broad SMARTS) is 1. The summed E-state index contributed by atoms with van der Waals surface area (Å²) in [5.41, 5.74) is 6.34. The first-order valence-corrected chi connectivity index (χ1v) is 30.5. The molecule has 3 atom stereocenters. The molecule has 0 aliphatic carbocycles. The summed E-state index contributed by atoms with van der Waals surface area (Å²) in [5, 5.41) is 30.6. The molecule has 80 heavy (non-hydrogen) atoms. The van der Waals surface area contributed by atoms with Gasteiger partial charge in [0.2, 0.25) is 17.7 Å². The Balaban J connectivity index is 2.07. The van der Waals surface area contributed by atoms with Crippen molar-refractivity contribution >= 4 is 56.9 Å². The average molecular weight is 1160 g/mol. The van der Waals surface area contributed by atoms with Crippen molar-refractivity contribution in [2.45, 2.75) is 180 Å². The van der Waals surface area contributed by atoms with Crippen LogP contribution in [0.2, 0.25) is 0 Å². The van der Waals surface area contributed by atoms with Crippen molar-refractivity contribution in [3.63, 3.8) is 0 Å². The van der Waals surface area contributed by atoms with Crippen molar-refractivity contribution in [2.24, 2.45) is 17.6 Å². The minimum Gasteiger partial charge on any atom is -0.508 e. The third kappa shape index (κ3) is 44.0. The zero-order chi connectivity index (χ0) is 59.2. The maximum absolute atomic E-state index is 13.3. The number of carbonyl (C=O) groups is 8. The SMILES string of the molecule is CC(C)CC(=O)CN[C@@H](CCCCNC(=O)COCCOCCCC(=O)COCCOCCNC(=O)CC[C@H](CC(=O)CCCCCCCCCCCCCCCS(=O)(=O)O)C(=O)O)C(=O)CN[C@@H](Cc1ccc(O)cc1)C(N)=O. The lowest BCUT2D eigenvalue weighted by Gasteiger charge is -2.20. The predicted molar refractivity (Wildman–Crippen MR) is 302 cm³/mol. The molecule has 0 bridgehead atoms. The maximum atomic E-state index is 13.3. The number of aromatic hydroxyl groups is 1. The molecule has 458 valence electrons. The second-order valence-corrected chi connectivity index (χ2v) is 22.4. The summed E-state index contributed by atoms with van der Waals surface area (Å²) in [6, 6.07) is 4.85. The summed E-state index contributed by atoms with van der Waals surface area (Å²) in [6.45, 7) is 5.37. The van der Waals surface area contributed by atoms with E-state index in [9.17, 15) is 57.0 Å². The van der Waals surface area contributed by atoms with E-state index in [2.05, 4.69) is 21.3 Å². The van der Waals surface area contributed by atoms with Gasteiger partial charge in [0.05, 0.1) is 69.9 Å². The van der Waals surface area contributed by atoms with Crippen LogP contribution in [0.4, 0.5) is 0 Å². The summed E-state index contributed by atoms with van der Waals surface area (Å²) in [6.07, 6.45) is 15.9. The predicted octanol–water partition coefficient (Wildman–Crippen LogP) is 5.13. The molecule has 22 nitrogen and oxygen atoms in total. The molecule has 0 radical (unpaired) electrons. The van der Waals surface area contributed by atoms with Gasteiger partial charge in [-0.1, -0.05) is 96.6 Å². The van der Waals surface area contributed by atoms with Crippen LogP contribution in [-0.2, 0) is 73.8 Å². The lowest BCUT2D eigenvalue weighted by Crippen LogP contribution is -2.49. The molecule has 1 aromatic rings. The van der Waals surface area contributed by atoms with E-state index >= 15 is 0 Å². The molecular weight excluding hydrogens is 1060 g/mol. The lowest BCUT2D eigenvalue weighted by molar-refractivity contribution is -0.144. The average Bonchev–Trinajstić information content (AvgIpc) is 3.39. The number of ether oxygens (including phenoxy) is 4. The van der Waals surface area contributed by atoms with E-state index < -0.39 is 40.0 Å². The Hall–Kier alpha value is -4.75. The Bertz CT molecular complexity index is 2030. The van der Waals surface area contributed by atoms with Gasteiger partial charge in [-0.3, -0.25) is 48.2 Å². The van der Waals surface area contributed by atoms with E-state index in [0.29, 0.717) is 64.5 Å². The van der Waals surface area contributed by atoms with Crippen LogP contribution in [-0.4, -0.2) is 167 Å². The van der Waals surface area contributed by atoms with Gasteiger partial charge in [-0.05, 0) is 75.0 Å². The smallest absolute Gasteiger partial charge is 0.306 e. The molecule has 0 unspecified atom stereocenters. The number of Topliss-reactive ketones (excluding diaryl/α,β-unsaturated/α-hetero) is 4. The van der Waals surface area contributed by atoms with E-state index in [0.717, 1.165) is 76.2 Å². The number of phenolic OH excluding ortho intramolecular Hbond substituents is 1. The van der Waals surface area contributed by atoms with E-state index in [1.807, 2.05) is 13.8 Å². The zero-order valence-electron chi connectivity index (χ0n) is 47.8. The highest BCUT2D eigenvalue weighted by Crippen LogP contribution is 2.18. The highest BCUT2D eigenvalue weighted by atomic mass is 32.2. The number of amides is 3. The van der Waals surface area contributed by atoms with E-state index in [4.69, 9.17) is 29.2 Å². The summed E-state index contributed by atoms with van der Waals surface area (Å²) in [5.74, 6) is -3.65. The molecule has 1 aromatic carbocycles. The number of carboxylic acids is 1. The fourth-order valence-corrected chi connectivity index (χ4v) is 9.08. The number of primary amides is 1. The van der Waals surface area contributed by atoms with Crippen LogP contribution >= 0.6 is 0 Å². The van der Waals surface area contributed by atoms with Crippen molar-refractivity contribution in [1.29, 1.82) is 0 Å². The second kappa shape index (κ2) is 46.8. The van der Waals surface area contributed by atoms with Gasteiger partial charge in [-0.15, -0.1) is 0 Å². The molecule has 0 aliphatic heterocycles. The van der Waals surface area contributed by atoms with Gasteiger partial charge < -0.3 is 50.8 Å². The normalized spacial score (nSPS) is 12.7. The fourth-order valence-electron chi connectivity index (χ4n) is 8.51. The van der Waals surface area contributed by atoms with Crippen LogP contribution < -0.4 is 27.0 Å². The number of aliphatic carboxylic acids is 1. The topological polar surface area (TPSA) is 342 Å². The van der Waals surface area contributed by atoms with Crippen molar-refractivity contribution in [2.75, 3.05) is 84.8 Å². The first-order chi connectivity index (χ1) is 38.2. The van der Waals surface area contributed by atoms with Gasteiger partial charge in [0.15, 0.2) is 11.6 Å². The van der Waals surface area contributed by atoms with Crippen LogP contribution in [0.15, 0.2) is 24.3 Å². The first kappa shape index (κ1) is 73.3. The van der Waals surface area contributed by atoms with Crippen molar-refractivity contribution in [3.05, 3.63) is 29.8 Å². The Labute approximate surface area is 475 Å². The molecule has 0 spiro atoms. The number of phenols is 1. The molecular formula is C57H97N5O17S. The largest absolute Gasteiger partial charge is 0.508 e. The number of nitrogens with one attached hydrogen (secondary N) is 4. The number of unbranched alkanes of at least 4 members (excludes halogenated alkanes) is 13. The number of rotatable bonds is 56. The van der Waals surface area contributed by atoms with E-state index in [1.165, 1.54) is 12.1 Å². The standard InChI is InChI=1S/C57H97N5O17S/c1-44(2)37-50(66)40-61-51(53(67)41-62-52(56(58)70)38-45-22-25-47(63)26-23-45)21-15-16-28-59-55(69)43-79-35-32-76-30-18-20-49(65)42-78-34-33-77-31-29-60-54(68)27-24-46(57(71)72)39-48(64)19-14-12-10-8-6-4-3-5-7-9-11-13-17-36-80(73,74)75/h22-23,25-26,44,46,51-52,61-63H,3-21,24,27-43H2,1-2H3,(H2,58,70)(H,59,69)(H,60,68)(H,71,72)(H,73,74,75)/t46-,51+,52+/m1/s1. The molecule has 1 rings (SSSR count). The fraction of sp³-hybridized carbons (Fsp3) is 0.754. The summed E-state index contributed by atoms with van der Waals surface area (Å²) in [4.78, 5) is 98.9. The Morgan fingerprint density at radius 3 is 1.70 bits per heavy atom. The Morgan fingerprint density at radius 2 is 1.10 bits per heavy atom. The number of nitrogens with two attached hydrogens (primary N) is 1. The molecule has 0 aromatic heterocycles. The van der Waals surface area contributed by atoms with Gasteiger partial charge in [0.1, 0.15) is 30.5 Å². The summed E-state index contributed by atoms with van der Waals surface area (Å²) < 4.78 is 51.9. The lowest BCUT2D eigenvalue weighted by atomic mass is 9.94. The van der Waals surface area contributed by atoms with Crippen LogP contribution in [0.25, 0.3) is 0 Å². The van der Waals surface area contributed by atoms with Crippen molar-refractivity contribution in [1.82, 2.24) is 21.3 Å². The van der Waals surface area contributed by atoms with Crippen molar-refractivity contribution in [3.8, 4) is 5.75 Å².